The summed E-state index contributed by atoms with van der Waals surface area (Å²) in [6.45, 7) is -0.512. The van der Waals surface area contributed by atoms with Crippen molar-refractivity contribution in [3.63, 3.8) is 0 Å². The lowest BCUT2D eigenvalue weighted by Gasteiger charge is -2.19. The van der Waals surface area contributed by atoms with E-state index in [0.29, 0.717) is 0 Å². The molecule has 1 aliphatic heterocycles. The van der Waals surface area contributed by atoms with Crippen LogP contribution in [0.2, 0.25) is 0 Å². The Hall–Kier alpha value is -0.565. The largest absolute Gasteiger partial charge is 0.394 e. The maximum absolute atomic E-state index is 13.4. The molecule has 0 spiro atoms. The molecule has 4 atom stereocenters. The van der Waals surface area contributed by atoms with Gasteiger partial charge in [-0.05, 0) is 0 Å². The number of hydrogen-bond acceptors (Lipinski definition) is 3. The van der Waals surface area contributed by atoms with Gasteiger partial charge in [0.15, 0.2) is 0 Å². The molecule has 12 heavy (non-hydrogen) atoms. The molecule has 0 aromatic heterocycles. The van der Waals surface area contributed by atoms with Gasteiger partial charge in [0.2, 0.25) is 5.67 Å². The minimum atomic E-state index is -2.40. The summed E-state index contributed by atoms with van der Waals surface area (Å²) < 4.78 is 18.1. The zero-order chi connectivity index (χ0) is 9.35. The fraction of sp³-hybridized carbons (Fsp3) is 0.714. The van der Waals surface area contributed by atoms with Gasteiger partial charge in [-0.3, -0.25) is 0 Å². The van der Waals surface area contributed by atoms with Crippen molar-refractivity contribution in [2.45, 2.75) is 23.9 Å². The molecule has 0 aromatic carbocycles. The molecule has 0 bridgehead atoms. The van der Waals surface area contributed by atoms with Crippen molar-refractivity contribution in [3.05, 3.63) is 0 Å². The van der Waals surface area contributed by atoms with Gasteiger partial charge in [0.05, 0.1) is 12.6 Å². The molecule has 5 heteroatoms. The smallest absolute Gasteiger partial charge is 0.216 e. The number of aliphatic hydroxyl groups is 2. The zero-order valence-corrected chi connectivity index (χ0v) is 6.27. The van der Waals surface area contributed by atoms with Gasteiger partial charge in [-0.15, -0.1) is 6.42 Å². The molecule has 64 valence electrons. The first-order valence-electron chi connectivity index (χ1n) is 3.43. The molecule has 1 saturated heterocycles. The summed E-state index contributed by atoms with van der Waals surface area (Å²) in [5.74, 6) is 1.73. The molecule has 0 saturated carbocycles. The summed E-state index contributed by atoms with van der Waals surface area (Å²) in [6, 6.07) is -1.38. The number of hydrogen-bond donors (Lipinski definition) is 2. The zero-order valence-electron chi connectivity index (χ0n) is 6.27. The summed E-state index contributed by atoms with van der Waals surface area (Å²) in [5, 5.41) is 17.8. The van der Waals surface area contributed by atoms with Crippen molar-refractivity contribution in [3.8, 4) is 12.3 Å². The van der Waals surface area contributed by atoms with E-state index in [-0.39, 0.29) is 0 Å². The number of aliphatic hydroxyl groups excluding tert-OH is 2. The average molecular weight is 170 g/mol. The monoisotopic (exact) mass is 170 g/mol. The van der Waals surface area contributed by atoms with E-state index in [4.69, 9.17) is 19.4 Å². The van der Waals surface area contributed by atoms with E-state index in [2.05, 4.69) is 4.74 Å². The van der Waals surface area contributed by atoms with Crippen LogP contribution in [0.3, 0.4) is 0 Å². The standard InChI is InChI=1S/C7H8BFO3/c1-2-7(9)5(11)4(3-10)12-6(7)8/h1,4-6,10-11H,3H2/t4-,5?,6-,7-/m1/s1. The Kier molecular flexibility index (Phi) is 2.42. The van der Waals surface area contributed by atoms with Crippen LogP contribution in [0.25, 0.3) is 0 Å². The molecule has 0 aliphatic carbocycles. The molecule has 2 N–H and O–H groups in total. The van der Waals surface area contributed by atoms with Gasteiger partial charge < -0.3 is 14.9 Å². The Labute approximate surface area is 70.9 Å². The lowest BCUT2D eigenvalue weighted by Crippen LogP contribution is -2.43. The fourth-order valence-corrected chi connectivity index (χ4v) is 1.11. The Morgan fingerprint density at radius 1 is 1.75 bits per heavy atom. The van der Waals surface area contributed by atoms with E-state index in [0.717, 1.165) is 0 Å². The van der Waals surface area contributed by atoms with Crippen LogP contribution < -0.4 is 0 Å². The summed E-state index contributed by atoms with van der Waals surface area (Å²) in [6.07, 6.45) is 2.23. The second kappa shape index (κ2) is 3.06. The van der Waals surface area contributed by atoms with Gasteiger partial charge in [0.25, 0.3) is 0 Å². The van der Waals surface area contributed by atoms with E-state index in [1.807, 2.05) is 0 Å². The molecule has 1 aliphatic rings. The van der Waals surface area contributed by atoms with Crippen LogP contribution in [0.15, 0.2) is 0 Å². The normalized spacial score (nSPS) is 47.3. The first-order chi connectivity index (χ1) is 5.56. The second-order valence-corrected chi connectivity index (χ2v) is 2.63. The summed E-state index contributed by atoms with van der Waals surface area (Å²) in [7, 11) is 5.17. The molecule has 1 unspecified atom stereocenters. The number of alkyl halides is 1. The van der Waals surface area contributed by atoms with Crippen LogP contribution in [0.1, 0.15) is 0 Å². The molecule has 3 nitrogen and oxygen atoms in total. The number of halogens is 1. The van der Waals surface area contributed by atoms with Crippen molar-refractivity contribution in [1.29, 1.82) is 0 Å². The molecule has 1 rings (SSSR count). The quantitative estimate of drug-likeness (QED) is 0.374. The Morgan fingerprint density at radius 2 is 2.33 bits per heavy atom. The third-order valence-electron chi connectivity index (χ3n) is 1.92. The molecule has 0 aromatic rings. The van der Waals surface area contributed by atoms with Gasteiger partial charge >= 0.3 is 0 Å². The van der Waals surface area contributed by atoms with E-state index in [1.54, 1.807) is 5.92 Å². The molecule has 2 radical (unpaired) electrons. The predicted octanol–water partition coefficient (Wildman–Crippen LogP) is -1.43. The third kappa shape index (κ3) is 1.12. The molecular weight excluding hydrogens is 162 g/mol. The molecule has 0 amide bonds. The fourth-order valence-electron chi connectivity index (χ4n) is 1.11. The highest BCUT2D eigenvalue weighted by atomic mass is 19.1. The second-order valence-electron chi connectivity index (χ2n) is 2.63. The van der Waals surface area contributed by atoms with Crippen LogP contribution in [-0.4, -0.2) is 48.5 Å². The van der Waals surface area contributed by atoms with Crippen LogP contribution in [0, 0.1) is 12.3 Å². The Balaban J connectivity index is 2.85. The van der Waals surface area contributed by atoms with Gasteiger partial charge in [0.1, 0.15) is 20.1 Å². The van der Waals surface area contributed by atoms with E-state index in [9.17, 15) is 9.50 Å². The lowest BCUT2D eigenvalue weighted by molar-refractivity contribution is -0.00797. The summed E-state index contributed by atoms with van der Waals surface area (Å²) in [4.78, 5) is 0. The number of rotatable bonds is 1. The Morgan fingerprint density at radius 3 is 2.58 bits per heavy atom. The SMILES string of the molecule is [B][C@@H]1O[C@H](CO)C(O)[C@]1(F)C#C. The number of terminal acetylenes is 1. The Bertz CT molecular complexity index is 217. The summed E-state index contributed by atoms with van der Waals surface area (Å²) >= 11 is 0. The van der Waals surface area contributed by atoms with Crippen LogP contribution >= 0.6 is 0 Å². The van der Waals surface area contributed by atoms with Crippen LogP contribution in [0.5, 0.6) is 0 Å². The summed E-state index contributed by atoms with van der Waals surface area (Å²) in [5.41, 5.74) is -2.40. The highest BCUT2D eigenvalue weighted by molar-refractivity contribution is 6.12. The topological polar surface area (TPSA) is 49.7 Å². The van der Waals surface area contributed by atoms with Crippen molar-refractivity contribution in [2.75, 3.05) is 6.61 Å². The van der Waals surface area contributed by atoms with E-state index in [1.165, 1.54) is 0 Å². The molecule has 1 fully saturated rings. The number of ether oxygens (including phenoxy) is 1. The van der Waals surface area contributed by atoms with Crippen LogP contribution in [0.4, 0.5) is 4.39 Å². The highest BCUT2D eigenvalue weighted by Gasteiger charge is 2.53. The maximum Gasteiger partial charge on any atom is 0.216 e. The van der Waals surface area contributed by atoms with E-state index < -0.39 is 30.5 Å². The predicted molar refractivity (Wildman–Crippen MR) is 40.2 cm³/mol. The lowest BCUT2D eigenvalue weighted by atomic mass is 9.82. The molecule has 1 heterocycles. The van der Waals surface area contributed by atoms with Gasteiger partial charge in [0, 0.05) is 0 Å². The highest BCUT2D eigenvalue weighted by Crippen LogP contribution is 2.32. The first kappa shape index (κ1) is 9.52. The first-order valence-corrected chi connectivity index (χ1v) is 3.43. The van der Waals surface area contributed by atoms with E-state index >= 15 is 0 Å². The molecular formula is C7H8BFO3. The minimum Gasteiger partial charge on any atom is -0.394 e. The van der Waals surface area contributed by atoms with Crippen molar-refractivity contribution in [2.24, 2.45) is 0 Å². The van der Waals surface area contributed by atoms with Gasteiger partial charge in [-0.2, -0.15) is 0 Å². The average Bonchev–Trinajstić information content (AvgIpc) is 2.30. The van der Waals surface area contributed by atoms with Crippen molar-refractivity contribution in [1.82, 2.24) is 0 Å². The van der Waals surface area contributed by atoms with Crippen molar-refractivity contribution < 1.29 is 19.3 Å². The van der Waals surface area contributed by atoms with Crippen molar-refractivity contribution >= 4 is 7.85 Å². The maximum atomic E-state index is 13.4. The van der Waals surface area contributed by atoms with Crippen LogP contribution in [-0.2, 0) is 4.74 Å². The van der Waals surface area contributed by atoms with Gasteiger partial charge in [-0.1, -0.05) is 5.92 Å². The third-order valence-corrected chi connectivity index (χ3v) is 1.92. The minimum absolute atomic E-state index is 0.512. The van der Waals surface area contributed by atoms with Gasteiger partial charge in [-0.25, -0.2) is 4.39 Å².